The van der Waals surface area contributed by atoms with Gasteiger partial charge in [0.1, 0.15) is 12.6 Å². The van der Waals surface area contributed by atoms with E-state index in [1.165, 1.54) is 41.3 Å². The van der Waals surface area contributed by atoms with Crippen molar-refractivity contribution in [2.45, 2.75) is 30.8 Å². The van der Waals surface area contributed by atoms with Crippen molar-refractivity contribution in [3.63, 3.8) is 0 Å². The van der Waals surface area contributed by atoms with Gasteiger partial charge in [0.2, 0.25) is 11.8 Å². The Balaban J connectivity index is 1.80. The van der Waals surface area contributed by atoms with Crippen LogP contribution in [0.4, 0.5) is 11.4 Å². The Morgan fingerprint density at radius 1 is 0.886 bits per heavy atom. The summed E-state index contributed by atoms with van der Waals surface area (Å²) in [6.45, 7) is 1.47. The van der Waals surface area contributed by atoms with Gasteiger partial charge in [0.15, 0.2) is 0 Å². The van der Waals surface area contributed by atoms with Crippen molar-refractivity contribution in [2.75, 3.05) is 17.4 Å². The largest absolute Gasteiger partial charge is 0.355 e. The quantitative estimate of drug-likeness (QED) is 0.150. The molecule has 1 N–H and O–H groups in total. The Hall–Kier alpha value is -4.55. The number of halogens is 1. The highest BCUT2D eigenvalue weighted by molar-refractivity contribution is 9.10. The molecule has 2 amide bonds. The van der Waals surface area contributed by atoms with Gasteiger partial charge < -0.3 is 10.2 Å². The number of carbonyl (C=O) groups is 2. The number of rotatable bonds is 13. The van der Waals surface area contributed by atoms with Crippen molar-refractivity contribution in [1.82, 2.24) is 10.2 Å². The molecule has 12 heteroatoms. The molecular formula is C32H31BrN4O6S. The third kappa shape index (κ3) is 8.08. The van der Waals surface area contributed by atoms with E-state index in [0.717, 1.165) is 19.9 Å². The maximum Gasteiger partial charge on any atom is 0.269 e. The molecule has 0 bridgehead atoms. The van der Waals surface area contributed by atoms with Gasteiger partial charge in [-0.25, -0.2) is 8.42 Å². The predicted octanol–water partition coefficient (Wildman–Crippen LogP) is 5.33. The second-order valence-electron chi connectivity index (χ2n) is 9.85. The first kappa shape index (κ1) is 32.4. The van der Waals surface area contributed by atoms with E-state index in [0.29, 0.717) is 6.54 Å². The second kappa shape index (κ2) is 14.8. The number of likely N-dealkylation sites (N-methyl/N-ethyl adjacent to an activating group) is 1. The minimum atomic E-state index is -4.30. The molecule has 1 atom stereocenters. The Kier molecular flexibility index (Phi) is 10.9. The number of non-ortho nitro benzene ring substituents is 1. The number of nitrogens with one attached hydrogen (secondary N) is 1. The summed E-state index contributed by atoms with van der Waals surface area (Å²) in [6.07, 6.45) is 0.190. The van der Waals surface area contributed by atoms with E-state index in [4.69, 9.17) is 0 Å². The summed E-state index contributed by atoms with van der Waals surface area (Å²) in [7, 11) is -4.30. The first-order chi connectivity index (χ1) is 21.1. The fraction of sp³-hybridized carbons (Fsp3) is 0.188. The van der Waals surface area contributed by atoms with Crippen molar-refractivity contribution >= 4 is 49.1 Å². The van der Waals surface area contributed by atoms with Gasteiger partial charge in [-0.3, -0.25) is 24.0 Å². The molecule has 10 nitrogen and oxygen atoms in total. The number of sulfonamides is 1. The fourth-order valence-electron chi connectivity index (χ4n) is 4.67. The van der Waals surface area contributed by atoms with Crippen LogP contribution in [0.2, 0.25) is 0 Å². The van der Waals surface area contributed by atoms with Crippen molar-refractivity contribution in [3.05, 3.63) is 135 Å². The highest BCUT2D eigenvalue weighted by Crippen LogP contribution is 2.27. The number of nitro groups is 1. The smallest absolute Gasteiger partial charge is 0.269 e. The monoisotopic (exact) mass is 678 g/mol. The molecule has 0 radical (unpaired) electrons. The highest BCUT2D eigenvalue weighted by atomic mass is 79.9. The lowest BCUT2D eigenvalue weighted by Gasteiger charge is -2.33. The molecule has 0 saturated carbocycles. The molecule has 0 unspecified atom stereocenters. The minimum absolute atomic E-state index is 0.0202. The zero-order valence-electron chi connectivity index (χ0n) is 23.9. The van der Waals surface area contributed by atoms with E-state index < -0.39 is 33.4 Å². The van der Waals surface area contributed by atoms with E-state index in [9.17, 15) is 28.1 Å². The fourth-order valence-corrected chi connectivity index (χ4v) is 6.55. The number of hydrogen-bond acceptors (Lipinski definition) is 6. The lowest BCUT2D eigenvalue weighted by Crippen LogP contribution is -2.53. The summed E-state index contributed by atoms with van der Waals surface area (Å²) >= 11 is 3.45. The Labute approximate surface area is 264 Å². The van der Waals surface area contributed by atoms with Crippen LogP contribution in [0.15, 0.2) is 119 Å². The average Bonchev–Trinajstić information content (AvgIpc) is 3.02. The predicted molar refractivity (Wildman–Crippen MR) is 171 cm³/mol. The van der Waals surface area contributed by atoms with Gasteiger partial charge in [0.05, 0.1) is 15.5 Å². The number of hydrogen-bond donors (Lipinski definition) is 1. The van der Waals surface area contributed by atoms with Crippen molar-refractivity contribution in [1.29, 1.82) is 0 Å². The summed E-state index contributed by atoms with van der Waals surface area (Å²) in [5, 5.41) is 14.1. The van der Waals surface area contributed by atoms with E-state index in [1.54, 1.807) is 25.1 Å². The molecule has 0 spiro atoms. The van der Waals surface area contributed by atoms with Crippen LogP contribution in [0.5, 0.6) is 0 Å². The topological polar surface area (TPSA) is 130 Å². The van der Waals surface area contributed by atoms with E-state index >= 15 is 0 Å². The van der Waals surface area contributed by atoms with Gasteiger partial charge in [-0.15, -0.1) is 0 Å². The van der Waals surface area contributed by atoms with Gasteiger partial charge in [-0.1, -0.05) is 76.6 Å². The van der Waals surface area contributed by atoms with Crippen LogP contribution in [0.3, 0.4) is 0 Å². The molecule has 0 fully saturated rings. The standard InChI is InChI=1S/C32H31BrN4O6S/c1-2-34-32(39)30(21-24-10-5-3-6-11-24)35(22-25-12-9-13-26(33)20-25)31(38)23-36(27-16-18-28(19-17-27)37(40)41)44(42,43)29-14-7-4-8-15-29/h3-20,30H,2,21-23H2,1H3,(H,34,39)/t30-/m1/s1. The summed E-state index contributed by atoms with van der Waals surface area (Å²) in [6, 6.07) is 28.1. The number of benzene rings is 4. The Bertz CT molecular complexity index is 1700. The van der Waals surface area contributed by atoms with Crippen LogP contribution in [-0.4, -0.2) is 49.2 Å². The van der Waals surface area contributed by atoms with Crippen LogP contribution in [-0.2, 0) is 32.6 Å². The molecule has 228 valence electrons. The maximum absolute atomic E-state index is 14.3. The molecule has 0 aliphatic rings. The molecule has 0 heterocycles. The van der Waals surface area contributed by atoms with Gasteiger partial charge in [0, 0.05) is 36.1 Å². The lowest BCUT2D eigenvalue weighted by molar-refractivity contribution is -0.384. The van der Waals surface area contributed by atoms with E-state index in [-0.39, 0.29) is 35.1 Å². The van der Waals surface area contributed by atoms with Gasteiger partial charge in [-0.05, 0) is 54.4 Å². The first-order valence-corrected chi connectivity index (χ1v) is 16.0. The zero-order chi connectivity index (χ0) is 31.7. The molecule has 4 aromatic rings. The SMILES string of the molecule is CCNC(=O)[C@@H](Cc1ccccc1)N(Cc1cccc(Br)c1)C(=O)CN(c1ccc([N+](=O)[O-])cc1)S(=O)(=O)c1ccccc1. The van der Waals surface area contributed by atoms with Gasteiger partial charge in [0.25, 0.3) is 15.7 Å². The van der Waals surface area contributed by atoms with Crippen LogP contribution in [0, 0.1) is 10.1 Å². The molecule has 0 saturated heterocycles. The molecule has 4 rings (SSSR count). The average molecular weight is 680 g/mol. The molecule has 0 aliphatic carbocycles. The molecule has 0 aromatic heterocycles. The lowest BCUT2D eigenvalue weighted by atomic mass is 10.0. The van der Waals surface area contributed by atoms with Crippen molar-refractivity contribution in [2.24, 2.45) is 0 Å². The molecular weight excluding hydrogens is 648 g/mol. The number of carbonyl (C=O) groups excluding carboxylic acids is 2. The number of nitro benzene ring substituents is 1. The van der Waals surface area contributed by atoms with Gasteiger partial charge >= 0.3 is 0 Å². The summed E-state index contributed by atoms with van der Waals surface area (Å²) in [5.74, 6) is -1.01. The molecule has 0 aliphatic heterocycles. The number of amides is 2. The summed E-state index contributed by atoms with van der Waals surface area (Å²) < 4.78 is 29.6. The van der Waals surface area contributed by atoms with Crippen LogP contribution in [0.25, 0.3) is 0 Å². The maximum atomic E-state index is 14.3. The van der Waals surface area contributed by atoms with Crippen LogP contribution >= 0.6 is 15.9 Å². The third-order valence-corrected chi connectivity index (χ3v) is 9.10. The summed E-state index contributed by atoms with van der Waals surface area (Å²) in [4.78, 5) is 39.9. The number of nitrogens with zero attached hydrogens (tertiary/aromatic N) is 3. The van der Waals surface area contributed by atoms with Crippen molar-refractivity contribution in [3.8, 4) is 0 Å². The van der Waals surface area contributed by atoms with E-state index in [2.05, 4.69) is 21.2 Å². The van der Waals surface area contributed by atoms with Gasteiger partial charge in [-0.2, -0.15) is 0 Å². The van der Waals surface area contributed by atoms with Crippen LogP contribution in [0.1, 0.15) is 18.1 Å². The minimum Gasteiger partial charge on any atom is -0.355 e. The normalized spacial score (nSPS) is 11.8. The van der Waals surface area contributed by atoms with E-state index in [1.807, 2.05) is 54.6 Å². The molecule has 4 aromatic carbocycles. The third-order valence-electron chi connectivity index (χ3n) is 6.82. The first-order valence-electron chi connectivity index (χ1n) is 13.8. The Morgan fingerprint density at radius 3 is 2.09 bits per heavy atom. The van der Waals surface area contributed by atoms with Crippen molar-refractivity contribution < 1.29 is 22.9 Å². The molecule has 44 heavy (non-hydrogen) atoms. The second-order valence-corrected chi connectivity index (χ2v) is 12.6. The van der Waals surface area contributed by atoms with Crippen LogP contribution < -0.4 is 9.62 Å². The summed E-state index contributed by atoms with van der Waals surface area (Å²) in [5.41, 5.74) is 1.38. The number of anilines is 1. The Morgan fingerprint density at radius 2 is 1.50 bits per heavy atom. The zero-order valence-corrected chi connectivity index (χ0v) is 26.3. The highest BCUT2D eigenvalue weighted by Gasteiger charge is 2.34.